The zero-order valence-corrected chi connectivity index (χ0v) is 15.2. The largest absolute Gasteiger partial charge is 0.379 e. The summed E-state index contributed by atoms with van der Waals surface area (Å²) in [6.45, 7) is 4.23. The summed E-state index contributed by atoms with van der Waals surface area (Å²) >= 11 is 1.53. The van der Waals surface area contributed by atoms with Crippen LogP contribution < -0.4 is 5.32 Å². The predicted octanol–water partition coefficient (Wildman–Crippen LogP) is 3.09. The molecule has 1 saturated heterocycles. The molecule has 0 radical (unpaired) electrons. The number of anilines is 1. The van der Waals surface area contributed by atoms with Gasteiger partial charge in [-0.1, -0.05) is 47.7 Å². The summed E-state index contributed by atoms with van der Waals surface area (Å²) in [5.41, 5.74) is 2.15. The van der Waals surface area contributed by atoms with Gasteiger partial charge in [0.2, 0.25) is 5.13 Å². The van der Waals surface area contributed by atoms with Crippen LogP contribution in [0.2, 0.25) is 0 Å². The van der Waals surface area contributed by atoms with Gasteiger partial charge in [0.15, 0.2) is 5.01 Å². The van der Waals surface area contributed by atoms with Crippen molar-refractivity contribution < 1.29 is 4.74 Å². The Morgan fingerprint density at radius 1 is 1.04 bits per heavy atom. The van der Waals surface area contributed by atoms with E-state index in [1.165, 1.54) is 16.9 Å². The fraction of sp³-hybridized carbons (Fsp3) is 0.316. The van der Waals surface area contributed by atoms with Crippen molar-refractivity contribution in [2.75, 3.05) is 38.2 Å². The molecule has 0 amide bonds. The Kier molecular flexibility index (Phi) is 5.49. The van der Waals surface area contributed by atoms with Crippen molar-refractivity contribution in [1.29, 1.82) is 0 Å². The van der Waals surface area contributed by atoms with E-state index < -0.39 is 0 Å². The van der Waals surface area contributed by atoms with Gasteiger partial charge in [-0.25, -0.2) is 0 Å². The first-order chi connectivity index (χ1) is 12.9. The van der Waals surface area contributed by atoms with E-state index in [0.29, 0.717) is 0 Å². The Morgan fingerprint density at radius 2 is 1.85 bits per heavy atom. The molecular formula is C19H21N5OS. The van der Waals surface area contributed by atoms with Gasteiger partial charge < -0.3 is 10.1 Å². The Bertz CT molecular complexity index is 805. The first-order valence-electron chi connectivity index (χ1n) is 8.76. The molecule has 1 aliphatic heterocycles. The Morgan fingerprint density at radius 3 is 2.62 bits per heavy atom. The van der Waals surface area contributed by atoms with E-state index in [1.807, 2.05) is 18.2 Å². The number of morpholine rings is 1. The zero-order valence-electron chi connectivity index (χ0n) is 14.4. The standard InChI is InChI=1S/C19H21N5OS/c1-2-6-15(7-3-1)17(24-10-12-25-13-11-24)14-21-19-23-22-18(26-19)16-8-4-5-9-20-16/h1-9,17H,10-14H2,(H,21,23). The summed E-state index contributed by atoms with van der Waals surface area (Å²) < 4.78 is 5.51. The summed E-state index contributed by atoms with van der Waals surface area (Å²) in [5.74, 6) is 0. The smallest absolute Gasteiger partial charge is 0.206 e. The van der Waals surface area contributed by atoms with E-state index in [4.69, 9.17) is 4.74 Å². The molecule has 7 heteroatoms. The lowest BCUT2D eigenvalue weighted by molar-refractivity contribution is 0.0187. The molecule has 1 N–H and O–H groups in total. The summed E-state index contributed by atoms with van der Waals surface area (Å²) in [6.07, 6.45) is 1.77. The predicted molar refractivity (Wildman–Crippen MR) is 103 cm³/mol. The van der Waals surface area contributed by atoms with Crippen LogP contribution >= 0.6 is 11.3 Å². The molecule has 134 valence electrons. The number of pyridine rings is 1. The number of hydrogen-bond donors (Lipinski definition) is 1. The molecule has 1 aromatic carbocycles. The molecule has 3 aromatic rings. The van der Waals surface area contributed by atoms with E-state index in [1.54, 1.807) is 6.20 Å². The van der Waals surface area contributed by atoms with Gasteiger partial charge in [-0.15, -0.1) is 10.2 Å². The summed E-state index contributed by atoms with van der Waals surface area (Å²) in [4.78, 5) is 6.80. The zero-order chi connectivity index (χ0) is 17.6. The topological polar surface area (TPSA) is 63.2 Å². The SMILES string of the molecule is c1ccc(C(CNc2nnc(-c3ccccn3)s2)N2CCOCC2)cc1. The molecule has 2 aromatic heterocycles. The van der Waals surface area contributed by atoms with Crippen molar-refractivity contribution in [3.8, 4) is 10.7 Å². The molecule has 4 rings (SSSR count). The van der Waals surface area contributed by atoms with Crippen LogP contribution in [0.25, 0.3) is 10.7 Å². The van der Waals surface area contributed by atoms with E-state index in [9.17, 15) is 0 Å². The third-order valence-electron chi connectivity index (χ3n) is 4.43. The minimum Gasteiger partial charge on any atom is -0.379 e. The molecular weight excluding hydrogens is 346 g/mol. The van der Waals surface area contributed by atoms with Crippen LogP contribution in [0, 0.1) is 0 Å². The van der Waals surface area contributed by atoms with Gasteiger partial charge >= 0.3 is 0 Å². The number of benzene rings is 1. The highest BCUT2D eigenvalue weighted by molar-refractivity contribution is 7.18. The highest BCUT2D eigenvalue weighted by Gasteiger charge is 2.22. The second-order valence-corrected chi connectivity index (χ2v) is 7.06. The molecule has 1 fully saturated rings. The van der Waals surface area contributed by atoms with Crippen molar-refractivity contribution in [1.82, 2.24) is 20.1 Å². The van der Waals surface area contributed by atoms with Gasteiger partial charge in [0.25, 0.3) is 0 Å². The number of nitrogens with zero attached hydrogens (tertiary/aromatic N) is 4. The molecule has 1 atom stereocenters. The molecule has 0 bridgehead atoms. The van der Waals surface area contributed by atoms with Gasteiger partial charge in [0, 0.05) is 25.8 Å². The molecule has 1 unspecified atom stereocenters. The molecule has 26 heavy (non-hydrogen) atoms. The molecule has 0 spiro atoms. The molecule has 0 aliphatic carbocycles. The molecule has 1 aliphatic rings. The average Bonchev–Trinajstić information content (AvgIpc) is 3.20. The summed E-state index contributed by atoms with van der Waals surface area (Å²) in [5, 5.41) is 13.7. The fourth-order valence-corrected chi connectivity index (χ4v) is 3.82. The third-order valence-corrected chi connectivity index (χ3v) is 5.33. The fourth-order valence-electron chi connectivity index (χ4n) is 3.09. The summed E-state index contributed by atoms with van der Waals surface area (Å²) in [7, 11) is 0. The van der Waals surface area contributed by atoms with Crippen LogP contribution in [0.5, 0.6) is 0 Å². The minimum absolute atomic E-state index is 0.280. The maximum absolute atomic E-state index is 5.51. The maximum Gasteiger partial charge on any atom is 0.206 e. The van der Waals surface area contributed by atoms with Crippen molar-refractivity contribution in [2.24, 2.45) is 0 Å². The molecule has 0 saturated carbocycles. The monoisotopic (exact) mass is 367 g/mol. The average molecular weight is 367 g/mol. The van der Waals surface area contributed by atoms with E-state index >= 15 is 0 Å². The second-order valence-electron chi connectivity index (χ2n) is 6.08. The number of ether oxygens (including phenoxy) is 1. The number of rotatable bonds is 6. The molecule has 3 heterocycles. The summed E-state index contributed by atoms with van der Waals surface area (Å²) in [6, 6.07) is 16.7. The van der Waals surface area contributed by atoms with Crippen LogP contribution in [-0.2, 0) is 4.74 Å². The number of nitrogens with one attached hydrogen (secondary N) is 1. The highest BCUT2D eigenvalue weighted by atomic mass is 32.1. The third kappa shape index (κ3) is 4.07. The Balaban J connectivity index is 1.47. The van der Waals surface area contributed by atoms with E-state index in [2.05, 4.69) is 55.7 Å². The van der Waals surface area contributed by atoms with Crippen molar-refractivity contribution in [2.45, 2.75) is 6.04 Å². The quantitative estimate of drug-likeness (QED) is 0.722. The lowest BCUT2D eigenvalue weighted by atomic mass is 10.0. The normalized spacial score (nSPS) is 16.3. The van der Waals surface area contributed by atoms with Gasteiger partial charge in [-0.3, -0.25) is 9.88 Å². The second kappa shape index (κ2) is 8.35. The lowest BCUT2D eigenvalue weighted by Crippen LogP contribution is -2.41. The number of aromatic nitrogens is 3. The first-order valence-corrected chi connectivity index (χ1v) is 9.57. The van der Waals surface area contributed by atoms with Crippen LogP contribution in [-0.4, -0.2) is 52.9 Å². The first kappa shape index (κ1) is 17.1. The Hall–Kier alpha value is -2.35. The van der Waals surface area contributed by atoms with Gasteiger partial charge in [-0.2, -0.15) is 0 Å². The van der Waals surface area contributed by atoms with Crippen molar-refractivity contribution in [3.63, 3.8) is 0 Å². The number of hydrogen-bond acceptors (Lipinski definition) is 7. The van der Waals surface area contributed by atoms with Crippen molar-refractivity contribution in [3.05, 3.63) is 60.3 Å². The molecule has 6 nitrogen and oxygen atoms in total. The minimum atomic E-state index is 0.280. The van der Waals surface area contributed by atoms with Crippen molar-refractivity contribution >= 4 is 16.5 Å². The van der Waals surface area contributed by atoms with E-state index in [0.717, 1.165) is 48.7 Å². The van der Waals surface area contributed by atoms with Crippen LogP contribution in [0.15, 0.2) is 54.7 Å². The Labute approximate surface area is 156 Å². The lowest BCUT2D eigenvalue weighted by Gasteiger charge is -2.34. The van der Waals surface area contributed by atoms with Gasteiger partial charge in [-0.05, 0) is 17.7 Å². The maximum atomic E-state index is 5.51. The van der Waals surface area contributed by atoms with Crippen LogP contribution in [0.3, 0.4) is 0 Å². The van der Waals surface area contributed by atoms with Crippen LogP contribution in [0.4, 0.5) is 5.13 Å². The highest BCUT2D eigenvalue weighted by Crippen LogP contribution is 2.27. The van der Waals surface area contributed by atoms with E-state index in [-0.39, 0.29) is 6.04 Å². The van der Waals surface area contributed by atoms with Crippen LogP contribution in [0.1, 0.15) is 11.6 Å². The van der Waals surface area contributed by atoms with Gasteiger partial charge in [0.1, 0.15) is 5.69 Å². The van der Waals surface area contributed by atoms with Gasteiger partial charge in [0.05, 0.1) is 19.3 Å².